The van der Waals surface area contributed by atoms with E-state index in [2.05, 4.69) is 11.1 Å². The van der Waals surface area contributed by atoms with E-state index in [0.29, 0.717) is 5.41 Å². The van der Waals surface area contributed by atoms with E-state index >= 15 is 0 Å². The van der Waals surface area contributed by atoms with Crippen molar-refractivity contribution in [2.45, 2.75) is 52.1 Å². The van der Waals surface area contributed by atoms with E-state index in [-0.39, 0.29) is 6.09 Å². The summed E-state index contributed by atoms with van der Waals surface area (Å²) < 4.78 is 5.46. The third-order valence-corrected chi connectivity index (χ3v) is 4.57. The summed E-state index contributed by atoms with van der Waals surface area (Å²) in [5.74, 6) is 0. The summed E-state index contributed by atoms with van der Waals surface area (Å²) in [6.45, 7) is 7.33. The van der Waals surface area contributed by atoms with Gasteiger partial charge in [0.25, 0.3) is 0 Å². The molecule has 1 aromatic rings. The zero-order valence-corrected chi connectivity index (χ0v) is 13.2. The van der Waals surface area contributed by atoms with Crippen LogP contribution in [0.2, 0.25) is 0 Å². The van der Waals surface area contributed by atoms with Gasteiger partial charge in [-0.15, -0.1) is 0 Å². The third-order valence-electron chi connectivity index (χ3n) is 4.57. The zero-order valence-electron chi connectivity index (χ0n) is 13.2. The Labute approximate surface area is 126 Å². The van der Waals surface area contributed by atoms with Gasteiger partial charge in [0.15, 0.2) is 0 Å². The molecule has 0 radical (unpaired) electrons. The quantitative estimate of drug-likeness (QED) is 0.736. The van der Waals surface area contributed by atoms with Gasteiger partial charge < -0.3 is 9.64 Å². The van der Waals surface area contributed by atoms with Gasteiger partial charge in [0.1, 0.15) is 5.60 Å². The number of amides is 1. The maximum atomic E-state index is 12.1. The molecule has 0 bridgehead atoms. The van der Waals surface area contributed by atoms with Crippen molar-refractivity contribution < 1.29 is 9.53 Å². The lowest BCUT2D eigenvalue weighted by Gasteiger charge is -2.39. The normalized spacial score (nSPS) is 20.4. The summed E-state index contributed by atoms with van der Waals surface area (Å²) in [4.78, 5) is 18.5. The average molecular weight is 288 g/mol. The van der Waals surface area contributed by atoms with E-state index in [1.54, 1.807) is 0 Å². The van der Waals surface area contributed by atoms with Crippen LogP contribution in [0.25, 0.3) is 0 Å². The highest BCUT2D eigenvalue weighted by Crippen LogP contribution is 2.43. The summed E-state index contributed by atoms with van der Waals surface area (Å²) in [7, 11) is 0. The number of nitrogens with zero attached hydrogens (tertiary/aromatic N) is 2. The number of piperidine rings is 1. The van der Waals surface area contributed by atoms with E-state index in [1.807, 2.05) is 37.9 Å². The highest BCUT2D eigenvalue weighted by molar-refractivity contribution is 5.68. The smallest absolute Gasteiger partial charge is 0.410 e. The van der Waals surface area contributed by atoms with Gasteiger partial charge in [-0.3, -0.25) is 4.98 Å². The Morgan fingerprint density at radius 3 is 2.62 bits per heavy atom. The van der Waals surface area contributed by atoms with Crippen LogP contribution < -0.4 is 0 Å². The Morgan fingerprint density at radius 1 is 1.29 bits per heavy atom. The predicted molar refractivity (Wildman–Crippen MR) is 81.1 cm³/mol. The largest absolute Gasteiger partial charge is 0.444 e. The van der Waals surface area contributed by atoms with E-state index in [1.165, 1.54) is 11.3 Å². The molecule has 1 aliphatic heterocycles. The van der Waals surface area contributed by atoms with Gasteiger partial charge in [0, 0.05) is 25.0 Å². The standard InChI is InChI=1S/C17H24N2O2/c1-16(2,3)21-15(20)19-9-6-17(7-10-19)11-13-5-4-8-18-14(13)12-17/h4-5,8H,6-7,9-12H2,1-3H3. The molecule has 4 nitrogen and oxygen atoms in total. The van der Waals surface area contributed by atoms with Crippen molar-refractivity contribution in [1.29, 1.82) is 0 Å². The molecule has 0 atom stereocenters. The summed E-state index contributed by atoms with van der Waals surface area (Å²) in [5.41, 5.74) is 2.54. The Balaban J connectivity index is 1.61. The molecule has 2 heterocycles. The molecule has 1 fully saturated rings. The van der Waals surface area contributed by atoms with Crippen LogP contribution in [0.15, 0.2) is 18.3 Å². The van der Waals surface area contributed by atoms with Gasteiger partial charge in [-0.25, -0.2) is 4.79 Å². The second-order valence-electron chi connectivity index (χ2n) is 7.43. The molecule has 0 aromatic carbocycles. The minimum atomic E-state index is -0.417. The van der Waals surface area contributed by atoms with Crippen molar-refractivity contribution in [2.75, 3.05) is 13.1 Å². The number of carbonyl (C=O) groups is 1. The zero-order chi connectivity index (χ0) is 15.1. The molecule has 114 valence electrons. The molecule has 4 heteroatoms. The fourth-order valence-electron chi connectivity index (χ4n) is 3.46. The topological polar surface area (TPSA) is 42.4 Å². The second kappa shape index (κ2) is 5.00. The Hall–Kier alpha value is -1.58. The first-order valence-corrected chi connectivity index (χ1v) is 7.78. The minimum Gasteiger partial charge on any atom is -0.444 e. The monoisotopic (exact) mass is 288 g/mol. The molecule has 2 aliphatic rings. The van der Waals surface area contributed by atoms with Gasteiger partial charge in [-0.05, 0) is 63.5 Å². The first kappa shape index (κ1) is 14.4. The van der Waals surface area contributed by atoms with Crippen molar-refractivity contribution in [3.05, 3.63) is 29.6 Å². The summed E-state index contributed by atoms with van der Waals surface area (Å²) >= 11 is 0. The van der Waals surface area contributed by atoms with Crippen molar-refractivity contribution in [1.82, 2.24) is 9.88 Å². The van der Waals surface area contributed by atoms with Gasteiger partial charge >= 0.3 is 6.09 Å². The molecule has 0 unspecified atom stereocenters. The lowest BCUT2D eigenvalue weighted by molar-refractivity contribution is 0.0110. The molecule has 21 heavy (non-hydrogen) atoms. The van der Waals surface area contributed by atoms with Crippen molar-refractivity contribution in [3.8, 4) is 0 Å². The summed E-state index contributed by atoms with van der Waals surface area (Å²) in [5, 5.41) is 0. The van der Waals surface area contributed by atoms with Crippen LogP contribution in [0.3, 0.4) is 0 Å². The number of hydrogen-bond acceptors (Lipinski definition) is 3. The van der Waals surface area contributed by atoms with Crippen LogP contribution in [0.4, 0.5) is 4.79 Å². The first-order chi connectivity index (χ1) is 9.87. The second-order valence-corrected chi connectivity index (χ2v) is 7.43. The van der Waals surface area contributed by atoms with Crippen LogP contribution in [-0.4, -0.2) is 34.7 Å². The van der Waals surface area contributed by atoms with Crippen molar-refractivity contribution in [3.63, 3.8) is 0 Å². The molecule has 1 spiro atoms. The lowest BCUT2D eigenvalue weighted by Crippen LogP contribution is -2.45. The van der Waals surface area contributed by atoms with Gasteiger partial charge in [0.2, 0.25) is 0 Å². The molecule has 3 rings (SSSR count). The number of likely N-dealkylation sites (tertiary alicyclic amines) is 1. The van der Waals surface area contributed by atoms with E-state index < -0.39 is 5.60 Å². The molecule has 1 saturated heterocycles. The number of pyridine rings is 1. The molecule has 1 aliphatic carbocycles. The highest BCUT2D eigenvalue weighted by Gasteiger charge is 2.41. The van der Waals surface area contributed by atoms with E-state index in [0.717, 1.165) is 38.8 Å². The number of fused-ring (bicyclic) bond motifs is 1. The Morgan fingerprint density at radius 2 is 2.00 bits per heavy atom. The average Bonchev–Trinajstić information content (AvgIpc) is 2.75. The summed E-state index contributed by atoms with van der Waals surface area (Å²) in [6, 6.07) is 4.21. The molecular weight excluding hydrogens is 264 g/mol. The molecule has 0 N–H and O–H groups in total. The van der Waals surface area contributed by atoms with Crippen LogP contribution in [0, 0.1) is 5.41 Å². The van der Waals surface area contributed by atoms with Gasteiger partial charge in [0.05, 0.1) is 0 Å². The SMILES string of the molecule is CC(C)(C)OC(=O)N1CCC2(CC1)Cc1cccnc1C2. The molecular formula is C17H24N2O2. The van der Waals surface area contributed by atoms with Crippen LogP contribution >= 0.6 is 0 Å². The van der Waals surface area contributed by atoms with Gasteiger partial charge in [-0.2, -0.15) is 0 Å². The Kier molecular flexibility index (Phi) is 3.42. The molecule has 1 aromatic heterocycles. The lowest BCUT2D eigenvalue weighted by atomic mass is 9.76. The summed E-state index contributed by atoms with van der Waals surface area (Å²) in [6.07, 6.45) is 5.97. The van der Waals surface area contributed by atoms with Crippen LogP contribution in [-0.2, 0) is 17.6 Å². The van der Waals surface area contributed by atoms with Crippen molar-refractivity contribution in [2.24, 2.45) is 5.41 Å². The van der Waals surface area contributed by atoms with E-state index in [9.17, 15) is 4.79 Å². The van der Waals surface area contributed by atoms with Gasteiger partial charge in [-0.1, -0.05) is 6.07 Å². The van der Waals surface area contributed by atoms with Crippen LogP contribution in [0.5, 0.6) is 0 Å². The fraction of sp³-hybridized carbons (Fsp3) is 0.647. The first-order valence-electron chi connectivity index (χ1n) is 7.78. The Bertz CT molecular complexity index is 513. The predicted octanol–water partition coefficient (Wildman–Crippen LogP) is 3.20. The minimum absolute atomic E-state index is 0.175. The van der Waals surface area contributed by atoms with Crippen molar-refractivity contribution >= 4 is 6.09 Å². The molecule has 1 amide bonds. The maximum absolute atomic E-state index is 12.1. The van der Waals surface area contributed by atoms with Crippen LogP contribution in [0.1, 0.15) is 44.9 Å². The fourth-order valence-corrected chi connectivity index (χ4v) is 3.46. The number of hydrogen-bond donors (Lipinski definition) is 0. The van der Waals surface area contributed by atoms with E-state index in [4.69, 9.17) is 4.74 Å². The number of carbonyl (C=O) groups excluding carboxylic acids is 1. The maximum Gasteiger partial charge on any atom is 0.410 e. The number of rotatable bonds is 0. The molecule has 0 saturated carbocycles. The number of ether oxygens (including phenoxy) is 1. The highest BCUT2D eigenvalue weighted by atomic mass is 16.6. The number of aromatic nitrogens is 1. The third kappa shape index (κ3) is 3.04.